The number of aromatic hydroxyl groups is 3. The van der Waals surface area contributed by atoms with Gasteiger partial charge >= 0.3 is 0 Å². The van der Waals surface area contributed by atoms with E-state index in [0.717, 1.165) is 44.0 Å². The number of hydrogen-bond donors (Lipinski definition) is 3. The summed E-state index contributed by atoms with van der Waals surface area (Å²) in [7, 11) is 0. The summed E-state index contributed by atoms with van der Waals surface area (Å²) in [5.74, 6) is 1.11. The van der Waals surface area contributed by atoms with Gasteiger partial charge in [-0.25, -0.2) is 0 Å². The molecule has 38 heavy (non-hydrogen) atoms. The second-order valence-electron chi connectivity index (χ2n) is 13.3. The summed E-state index contributed by atoms with van der Waals surface area (Å²) in [6, 6.07) is 13.8. The minimum absolute atomic E-state index is 0.0231. The van der Waals surface area contributed by atoms with Gasteiger partial charge in [0.15, 0.2) is 0 Å². The van der Waals surface area contributed by atoms with E-state index in [2.05, 4.69) is 87.4 Å². The molecule has 0 unspecified atom stereocenters. The third kappa shape index (κ3) is 7.96. The Bertz CT molecular complexity index is 1200. The maximum atomic E-state index is 10.3. The van der Waals surface area contributed by atoms with Crippen molar-refractivity contribution >= 4 is 11.8 Å². The second kappa shape index (κ2) is 11.7. The van der Waals surface area contributed by atoms with Crippen molar-refractivity contribution in [1.29, 1.82) is 0 Å². The van der Waals surface area contributed by atoms with E-state index < -0.39 is 0 Å². The van der Waals surface area contributed by atoms with E-state index >= 15 is 0 Å². The molecular weight excluding hydrogens is 488 g/mol. The van der Waals surface area contributed by atoms with Gasteiger partial charge in [-0.3, -0.25) is 0 Å². The lowest BCUT2D eigenvalue weighted by atomic mass is 9.85. The van der Waals surface area contributed by atoms with Gasteiger partial charge in [0.25, 0.3) is 0 Å². The van der Waals surface area contributed by atoms with Crippen molar-refractivity contribution in [2.75, 3.05) is 0 Å². The molecule has 3 N–H and O–H groups in total. The Morgan fingerprint density at radius 1 is 0.553 bits per heavy atom. The molecule has 3 aromatic rings. The number of aryl methyl sites for hydroxylation is 3. The molecule has 208 valence electrons. The number of rotatable bonds is 3. The van der Waals surface area contributed by atoms with E-state index in [-0.39, 0.29) is 16.2 Å². The molecule has 0 aliphatic heterocycles. The Labute approximate surface area is 235 Å². The van der Waals surface area contributed by atoms with Crippen molar-refractivity contribution in [3.8, 4) is 17.2 Å². The number of hydrogen-bond acceptors (Lipinski definition) is 4. The molecule has 0 aliphatic carbocycles. The number of phenolic OH excluding ortho intramolecular Hbond substituents is 3. The molecule has 0 heterocycles. The molecule has 0 saturated carbocycles. The molecule has 0 saturated heterocycles. The third-order valence-electron chi connectivity index (χ3n) is 6.70. The van der Waals surface area contributed by atoms with Crippen LogP contribution in [-0.2, 0) is 22.7 Å². The monoisotopic (exact) mass is 536 g/mol. The normalized spacial score (nSPS) is 12.2. The molecular formula is C34H48O3S. The van der Waals surface area contributed by atoms with E-state index in [4.69, 9.17) is 0 Å². The lowest BCUT2D eigenvalue weighted by Gasteiger charge is -2.24. The fourth-order valence-corrected chi connectivity index (χ4v) is 5.32. The average molecular weight is 537 g/mol. The summed E-state index contributed by atoms with van der Waals surface area (Å²) in [5.41, 5.74) is 6.12. The Hall–Kier alpha value is -2.59. The van der Waals surface area contributed by atoms with Crippen LogP contribution in [0.1, 0.15) is 103 Å². The number of benzene rings is 3. The predicted octanol–water partition coefficient (Wildman–Crippen LogP) is 9.71. The quantitative estimate of drug-likeness (QED) is 0.312. The first-order valence-electron chi connectivity index (χ1n) is 13.4. The standard InChI is InChI=1S/C22H30O2S.C12H18O/c1-13-9-17(23)15(21(3,4)5)11-19(13)25-20-12-16(22(6,7)8)18(24)10-14(20)2;1-5-9-6-7-11(13)10(8-9)12(2,3)4/h9-12,23-24H,1-8H3;6-8,13H,5H2,1-4H3. The van der Waals surface area contributed by atoms with Gasteiger partial charge in [-0.15, -0.1) is 0 Å². The van der Waals surface area contributed by atoms with E-state index in [9.17, 15) is 15.3 Å². The van der Waals surface area contributed by atoms with Crippen LogP contribution in [0.4, 0.5) is 0 Å². The van der Waals surface area contributed by atoms with Crippen molar-refractivity contribution < 1.29 is 15.3 Å². The summed E-state index contributed by atoms with van der Waals surface area (Å²) >= 11 is 1.70. The van der Waals surface area contributed by atoms with Gasteiger partial charge in [-0.2, -0.15) is 0 Å². The summed E-state index contributed by atoms with van der Waals surface area (Å²) in [5, 5.41) is 30.3. The molecule has 3 nitrogen and oxygen atoms in total. The van der Waals surface area contributed by atoms with Crippen LogP contribution >= 0.6 is 11.8 Å². The van der Waals surface area contributed by atoms with Crippen molar-refractivity contribution in [3.63, 3.8) is 0 Å². The van der Waals surface area contributed by atoms with Crippen molar-refractivity contribution in [2.45, 2.75) is 116 Å². The van der Waals surface area contributed by atoms with Crippen LogP contribution in [0.25, 0.3) is 0 Å². The van der Waals surface area contributed by atoms with Crippen molar-refractivity contribution in [3.05, 3.63) is 75.8 Å². The SMILES string of the molecule is CCc1ccc(O)c(C(C)(C)C)c1.Cc1cc(O)c(C(C)(C)C)cc1Sc1cc(C(C)(C)C)c(O)cc1C. The molecule has 0 aromatic heterocycles. The molecule has 0 bridgehead atoms. The van der Waals surface area contributed by atoms with Crippen LogP contribution < -0.4 is 0 Å². The Balaban J connectivity index is 0.000000328. The third-order valence-corrected chi connectivity index (χ3v) is 8.02. The highest BCUT2D eigenvalue weighted by molar-refractivity contribution is 7.99. The fraction of sp³-hybridized carbons (Fsp3) is 0.471. The second-order valence-corrected chi connectivity index (χ2v) is 14.4. The topological polar surface area (TPSA) is 60.7 Å². The van der Waals surface area contributed by atoms with Crippen LogP contribution in [0.5, 0.6) is 17.2 Å². The Morgan fingerprint density at radius 3 is 1.26 bits per heavy atom. The van der Waals surface area contributed by atoms with Gasteiger partial charge in [0, 0.05) is 20.9 Å². The van der Waals surface area contributed by atoms with Crippen molar-refractivity contribution in [2.24, 2.45) is 0 Å². The molecule has 0 fully saturated rings. The molecule has 3 rings (SSSR count). The minimum atomic E-state index is -0.117. The first-order chi connectivity index (χ1) is 17.3. The summed E-state index contributed by atoms with van der Waals surface area (Å²) in [6.07, 6.45) is 1.02. The highest BCUT2D eigenvalue weighted by Gasteiger charge is 2.23. The molecule has 4 heteroatoms. The zero-order valence-electron chi connectivity index (χ0n) is 25.5. The maximum Gasteiger partial charge on any atom is 0.119 e. The zero-order chi connectivity index (χ0) is 29.2. The van der Waals surface area contributed by atoms with Crippen LogP contribution in [-0.4, -0.2) is 15.3 Å². The van der Waals surface area contributed by atoms with E-state index in [1.165, 1.54) is 5.56 Å². The fourth-order valence-electron chi connectivity index (χ4n) is 4.29. The Kier molecular flexibility index (Phi) is 9.70. The minimum Gasteiger partial charge on any atom is -0.508 e. The molecule has 0 atom stereocenters. The smallest absolute Gasteiger partial charge is 0.119 e. The summed E-state index contributed by atoms with van der Waals surface area (Å²) < 4.78 is 0. The van der Waals surface area contributed by atoms with Crippen LogP contribution in [0, 0.1) is 13.8 Å². The Morgan fingerprint density at radius 2 is 0.921 bits per heavy atom. The van der Waals surface area contributed by atoms with Crippen LogP contribution in [0.15, 0.2) is 52.3 Å². The van der Waals surface area contributed by atoms with Gasteiger partial charge in [-0.05, 0) is 89.1 Å². The lowest BCUT2D eigenvalue weighted by molar-refractivity contribution is 0.444. The van der Waals surface area contributed by atoms with Gasteiger partial charge in [0.2, 0.25) is 0 Å². The predicted molar refractivity (Wildman–Crippen MR) is 163 cm³/mol. The molecule has 3 aromatic carbocycles. The van der Waals surface area contributed by atoms with Gasteiger partial charge in [-0.1, -0.05) is 93.1 Å². The first kappa shape index (κ1) is 31.6. The van der Waals surface area contributed by atoms with Gasteiger partial charge in [0.05, 0.1) is 0 Å². The van der Waals surface area contributed by atoms with E-state index in [1.54, 1.807) is 17.8 Å². The maximum absolute atomic E-state index is 10.3. The summed E-state index contributed by atoms with van der Waals surface area (Å²) in [6.45, 7) is 25.1. The first-order valence-corrected chi connectivity index (χ1v) is 14.3. The summed E-state index contributed by atoms with van der Waals surface area (Å²) in [4.78, 5) is 2.27. The molecule has 0 amide bonds. The largest absolute Gasteiger partial charge is 0.508 e. The molecule has 0 spiro atoms. The van der Waals surface area contributed by atoms with E-state index in [0.29, 0.717) is 17.2 Å². The molecule has 0 radical (unpaired) electrons. The average Bonchev–Trinajstić information content (AvgIpc) is 2.75. The highest BCUT2D eigenvalue weighted by Crippen LogP contribution is 2.42. The zero-order valence-corrected chi connectivity index (χ0v) is 26.3. The van der Waals surface area contributed by atoms with Crippen LogP contribution in [0.2, 0.25) is 0 Å². The lowest BCUT2D eigenvalue weighted by Crippen LogP contribution is -2.12. The van der Waals surface area contributed by atoms with Crippen molar-refractivity contribution in [1.82, 2.24) is 0 Å². The van der Waals surface area contributed by atoms with Gasteiger partial charge < -0.3 is 15.3 Å². The van der Waals surface area contributed by atoms with E-state index in [1.807, 2.05) is 32.0 Å². The van der Waals surface area contributed by atoms with Gasteiger partial charge in [0.1, 0.15) is 17.2 Å². The number of phenols is 3. The highest BCUT2D eigenvalue weighted by atomic mass is 32.2. The molecule has 0 aliphatic rings. The van der Waals surface area contributed by atoms with Crippen LogP contribution in [0.3, 0.4) is 0 Å².